The van der Waals surface area contributed by atoms with Gasteiger partial charge in [0.05, 0.1) is 28.5 Å². The lowest BCUT2D eigenvalue weighted by Crippen LogP contribution is -2.06. The number of hydrogen-bond donors (Lipinski definition) is 2. The normalized spacial score (nSPS) is 10.3. The van der Waals surface area contributed by atoms with E-state index in [0.717, 1.165) is 6.07 Å². The Bertz CT molecular complexity index is 782. The lowest BCUT2D eigenvalue weighted by atomic mass is 9.97. The zero-order valence-corrected chi connectivity index (χ0v) is 10.7. The number of benzene rings is 2. The van der Waals surface area contributed by atoms with Gasteiger partial charge in [-0.15, -0.1) is 0 Å². The van der Waals surface area contributed by atoms with Crippen LogP contribution in [-0.2, 0) is 0 Å². The molecular weight excluding hydrogens is 282 g/mol. The summed E-state index contributed by atoms with van der Waals surface area (Å²) < 4.78 is 4.85. The van der Waals surface area contributed by atoms with Crippen LogP contribution in [0.4, 0.5) is 5.69 Å². The maximum atomic E-state index is 11.3. The minimum absolute atomic E-state index is 0.100. The molecule has 2 N–H and O–H groups in total. The molecule has 2 rings (SSSR count). The van der Waals surface area contributed by atoms with Gasteiger partial charge in [-0.1, -0.05) is 6.07 Å². The van der Waals surface area contributed by atoms with Crippen molar-refractivity contribution in [3.05, 3.63) is 45.5 Å². The number of nitrogens with zero attached hydrogens (tertiary/aromatic N) is 1. The van der Waals surface area contributed by atoms with E-state index >= 15 is 0 Å². The zero-order valence-electron chi connectivity index (χ0n) is 10.7. The summed E-state index contributed by atoms with van der Waals surface area (Å²) in [5, 5.41) is 29.3. The third-order valence-corrected chi connectivity index (χ3v) is 2.96. The fourth-order valence-corrected chi connectivity index (χ4v) is 2.13. The fraction of sp³-hybridized carbons (Fsp3) is 0.0769. The molecule has 0 fully saturated rings. The molecule has 8 heteroatoms. The van der Waals surface area contributed by atoms with Crippen LogP contribution in [0.1, 0.15) is 20.7 Å². The van der Waals surface area contributed by atoms with Gasteiger partial charge in [0.1, 0.15) is 0 Å². The molecule has 0 saturated carbocycles. The van der Waals surface area contributed by atoms with Crippen LogP contribution in [0.15, 0.2) is 24.3 Å². The van der Waals surface area contributed by atoms with E-state index in [0.29, 0.717) is 0 Å². The van der Waals surface area contributed by atoms with Crippen molar-refractivity contribution < 1.29 is 29.5 Å². The van der Waals surface area contributed by atoms with E-state index in [9.17, 15) is 24.8 Å². The second-order valence-corrected chi connectivity index (χ2v) is 4.07. The molecule has 0 amide bonds. The molecule has 8 nitrogen and oxygen atoms in total. The zero-order chi connectivity index (χ0) is 15.7. The maximum absolute atomic E-state index is 11.3. The first-order valence-corrected chi connectivity index (χ1v) is 5.63. The first-order valence-electron chi connectivity index (χ1n) is 5.63. The number of methoxy groups -OCH3 is 1. The summed E-state index contributed by atoms with van der Waals surface area (Å²) >= 11 is 0. The number of fused-ring (bicyclic) bond motifs is 1. The Balaban J connectivity index is 3.09. The van der Waals surface area contributed by atoms with Crippen molar-refractivity contribution in [2.24, 2.45) is 0 Å². The van der Waals surface area contributed by atoms with Crippen molar-refractivity contribution in [2.45, 2.75) is 0 Å². The Morgan fingerprint density at radius 2 is 1.81 bits per heavy atom. The molecular formula is C13H9NO7. The maximum Gasteiger partial charge on any atom is 0.336 e. The van der Waals surface area contributed by atoms with Gasteiger partial charge in [-0.05, 0) is 12.1 Å². The molecule has 0 aliphatic carbocycles. The summed E-state index contributed by atoms with van der Waals surface area (Å²) in [6.45, 7) is 0. The first-order chi connectivity index (χ1) is 9.88. The van der Waals surface area contributed by atoms with Crippen molar-refractivity contribution in [1.29, 1.82) is 0 Å². The molecule has 108 valence electrons. The SMILES string of the molecule is COc1cc(C(=O)O)c2c(C(=O)O)cccc2c1[N+](=O)[O-]. The number of carboxylic acids is 2. The molecule has 0 aliphatic heterocycles. The third kappa shape index (κ3) is 2.22. The van der Waals surface area contributed by atoms with Gasteiger partial charge in [-0.25, -0.2) is 9.59 Å². The van der Waals surface area contributed by atoms with Crippen molar-refractivity contribution in [3.63, 3.8) is 0 Å². The molecule has 21 heavy (non-hydrogen) atoms. The highest BCUT2D eigenvalue weighted by Gasteiger charge is 2.27. The average Bonchev–Trinajstić information content (AvgIpc) is 2.43. The van der Waals surface area contributed by atoms with Crippen LogP contribution in [0.5, 0.6) is 5.75 Å². The van der Waals surface area contributed by atoms with Crippen molar-refractivity contribution in [2.75, 3.05) is 7.11 Å². The topological polar surface area (TPSA) is 127 Å². The highest BCUT2D eigenvalue weighted by molar-refractivity contribution is 6.15. The standard InChI is InChI=1S/C13H9NO7/c1-21-9-5-8(13(17)18)10-6(11(9)14(19)20)3-2-4-7(10)12(15)16/h2-5H,1H3,(H,15,16)(H,17,18). The van der Waals surface area contributed by atoms with Crippen LogP contribution in [0.3, 0.4) is 0 Å². The first kappa shape index (κ1) is 14.3. The van der Waals surface area contributed by atoms with Crippen LogP contribution in [0.25, 0.3) is 10.8 Å². The van der Waals surface area contributed by atoms with Crippen LogP contribution in [0.2, 0.25) is 0 Å². The minimum Gasteiger partial charge on any atom is -0.490 e. The number of aromatic carboxylic acids is 2. The molecule has 0 aliphatic rings. The summed E-state index contributed by atoms with van der Waals surface area (Å²) in [5.74, 6) is -3.02. The summed E-state index contributed by atoms with van der Waals surface area (Å²) in [7, 11) is 1.17. The molecule has 0 saturated heterocycles. The molecule has 2 aromatic rings. The van der Waals surface area contributed by atoms with Crippen molar-refractivity contribution in [3.8, 4) is 5.75 Å². The smallest absolute Gasteiger partial charge is 0.336 e. The number of nitro groups is 1. The molecule has 0 atom stereocenters. The lowest BCUT2D eigenvalue weighted by Gasteiger charge is -2.10. The highest BCUT2D eigenvalue weighted by atomic mass is 16.6. The third-order valence-electron chi connectivity index (χ3n) is 2.96. The van der Waals surface area contributed by atoms with Gasteiger partial charge < -0.3 is 14.9 Å². The Morgan fingerprint density at radius 3 is 2.29 bits per heavy atom. The number of nitro benzene ring substituents is 1. The number of rotatable bonds is 4. The Hall–Kier alpha value is -3.16. The average molecular weight is 291 g/mol. The number of ether oxygens (including phenoxy) is 1. The van der Waals surface area contributed by atoms with Gasteiger partial charge in [0.25, 0.3) is 0 Å². The molecule has 0 radical (unpaired) electrons. The van der Waals surface area contributed by atoms with Crippen LogP contribution >= 0.6 is 0 Å². The second-order valence-electron chi connectivity index (χ2n) is 4.07. The van der Waals surface area contributed by atoms with E-state index in [4.69, 9.17) is 9.84 Å². The molecule has 0 aromatic heterocycles. The Labute approximate surface area is 117 Å². The largest absolute Gasteiger partial charge is 0.490 e. The number of hydrogen-bond acceptors (Lipinski definition) is 5. The highest BCUT2D eigenvalue weighted by Crippen LogP contribution is 2.39. The van der Waals surface area contributed by atoms with Crippen LogP contribution < -0.4 is 4.74 Å². The second kappa shape index (κ2) is 5.08. The summed E-state index contributed by atoms with van der Waals surface area (Å²) in [6.07, 6.45) is 0. The van der Waals surface area contributed by atoms with E-state index in [-0.39, 0.29) is 27.6 Å². The summed E-state index contributed by atoms with van der Waals surface area (Å²) in [5.41, 5.74) is -1.17. The van der Waals surface area contributed by atoms with Gasteiger partial charge in [0, 0.05) is 11.5 Å². The summed E-state index contributed by atoms with van der Waals surface area (Å²) in [4.78, 5) is 33.0. The van der Waals surface area contributed by atoms with Gasteiger partial charge >= 0.3 is 17.6 Å². The van der Waals surface area contributed by atoms with Crippen LogP contribution in [-0.4, -0.2) is 34.2 Å². The molecule has 0 unspecified atom stereocenters. The Kier molecular flexibility index (Phi) is 3.45. The quantitative estimate of drug-likeness (QED) is 0.652. The number of carboxylic acid groups (broad SMARTS) is 2. The number of carbonyl (C=O) groups is 2. The van der Waals surface area contributed by atoms with Gasteiger partial charge in [0.2, 0.25) is 0 Å². The van der Waals surface area contributed by atoms with Gasteiger partial charge in [-0.2, -0.15) is 0 Å². The van der Waals surface area contributed by atoms with Crippen LogP contribution in [0, 0.1) is 10.1 Å². The van der Waals surface area contributed by atoms with Gasteiger partial charge in [-0.3, -0.25) is 10.1 Å². The monoisotopic (exact) mass is 291 g/mol. The van der Waals surface area contributed by atoms with E-state index in [1.54, 1.807) is 0 Å². The molecule has 0 heterocycles. The predicted octanol–water partition coefficient (Wildman–Crippen LogP) is 2.15. The molecule has 0 bridgehead atoms. The van der Waals surface area contributed by atoms with E-state index in [1.165, 1.54) is 25.3 Å². The van der Waals surface area contributed by atoms with Gasteiger partial charge in [0.15, 0.2) is 5.75 Å². The van der Waals surface area contributed by atoms with E-state index in [1.807, 2.05) is 0 Å². The predicted molar refractivity (Wildman–Crippen MR) is 71.1 cm³/mol. The lowest BCUT2D eigenvalue weighted by molar-refractivity contribution is -0.383. The summed E-state index contributed by atoms with van der Waals surface area (Å²) in [6, 6.07) is 4.74. The fourth-order valence-electron chi connectivity index (χ4n) is 2.13. The van der Waals surface area contributed by atoms with E-state index < -0.39 is 22.5 Å². The van der Waals surface area contributed by atoms with Crippen molar-refractivity contribution >= 4 is 28.4 Å². The molecule has 0 spiro atoms. The van der Waals surface area contributed by atoms with Crippen molar-refractivity contribution in [1.82, 2.24) is 0 Å². The molecule has 2 aromatic carbocycles. The minimum atomic E-state index is -1.40. The van der Waals surface area contributed by atoms with E-state index in [2.05, 4.69) is 0 Å². The Morgan fingerprint density at radius 1 is 1.19 bits per heavy atom.